The molecule has 0 heterocycles. The number of hydrogen-bond donors (Lipinski definition) is 2. The Kier molecular flexibility index (Phi) is 6.77. The Labute approximate surface area is 148 Å². The van der Waals surface area contributed by atoms with E-state index in [2.05, 4.69) is 16.1 Å². The second kappa shape index (κ2) is 8.55. The van der Waals surface area contributed by atoms with E-state index in [4.69, 9.17) is 22.0 Å². The fraction of sp³-hybridized carbons (Fsp3) is 0.412. The first-order valence-corrected chi connectivity index (χ1v) is 7.68. The Morgan fingerprint density at radius 3 is 1.60 bits per heavy atom. The van der Waals surface area contributed by atoms with E-state index in [-0.39, 0.29) is 11.9 Å². The van der Waals surface area contributed by atoms with Crippen molar-refractivity contribution in [3.05, 3.63) is 33.9 Å². The molecule has 0 saturated carbocycles. The molecular weight excluding hydrogens is 316 g/mol. The second-order valence-corrected chi connectivity index (χ2v) is 5.94. The quantitative estimate of drug-likeness (QED) is 0.479. The highest BCUT2D eigenvalue weighted by Crippen LogP contribution is 2.24. The van der Waals surface area contributed by atoms with Crippen molar-refractivity contribution in [3.63, 3.8) is 0 Å². The Morgan fingerprint density at radius 2 is 1.28 bits per heavy atom. The maximum atomic E-state index is 8.64. The lowest BCUT2D eigenvalue weighted by Gasteiger charge is -2.25. The monoisotopic (exact) mass is 340 g/mol. The van der Waals surface area contributed by atoms with E-state index in [9.17, 15) is 0 Å². The van der Waals surface area contributed by atoms with Gasteiger partial charge in [0.15, 0.2) is 0 Å². The van der Waals surface area contributed by atoms with E-state index in [1.807, 2.05) is 20.8 Å². The molecule has 0 unspecified atom stereocenters. The molecule has 132 valence electrons. The highest BCUT2D eigenvalue weighted by atomic mass is 15.2. The largest absolute Gasteiger partial charge is 0.369 e. The van der Waals surface area contributed by atoms with E-state index in [1.54, 1.807) is 36.3 Å². The van der Waals surface area contributed by atoms with E-state index in [0.717, 1.165) is 27.8 Å². The van der Waals surface area contributed by atoms with Gasteiger partial charge in [-0.2, -0.15) is 10.5 Å². The van der Waals surface area contributed by atoms with Gasteiger partial charge in [0.2, 0.25) is 24.3 Å². The normalized spacial score (nSPS) is 11.6. The summed E-state index contributed by atoms with van der Waals surface area (Å²) < 4.78 is 0. The molecule has 1 rings (SSSR count). The van der Waals surface area contributed by atoms with Crippen LogP contribution in [0.15, 0.2) is 16.1 Å². The molecule has 0 aromatic heterocycles. The van der Waals surface area contributed by atoms with Gasteiger partial charge in [0.1, 0.15) is 0 Å². The van der Waals surface area contributed by atoms with Crippen LogP contribution in [0.3, 0.4) is 0 Å². The smallest absolute Gasteiger partial charge is 0.209 e. The first-order chi connectivity index (χ1) is 11.7. The predicted octanol–water partition coefficient (Wildman–Crippen LogP) is 1.07. The van der Waals surface area contributed by atoms with Gasteiger partial charge >= 0.3 is 0 Å². The lowest BCUT2D eigenvalue weighted by Crippen LogP contribution is -2.35. The summed E-state index contributed by atoms with van der Waals surface area (Å²) in [6.07, 6.45) is 3.39. The number of guanidine groups is 2. The lowest BCUT2D eigenvalue weighted by atomic mass is 9.93. The van der Waals surface area contributed by atoms with Crippen LogP contribution in [0.5, 0.6) is 0 Å². The minimum atomic E-state index is 0.172. The third kappa shape index (κ3) is 4.85. The minimum absolute atomic E-state index is 0.172. The van der Waals surface area contributed by atoms with Crippen LogP contribution >= 0.6 is 0 Å². The number of aliphatic imine (C=N–C) groups is 2. The van der Waals surface area contributed by atoms with Gasteiger partial charge in [0.05, 0.1) is 0 Å². The Bertz CT molecular complexity index is 717. The third-order valence-corrected chi connectivity index (χ3v) is 4.19. The van der Waals surface area contributed by atoms with Crippen LogP contribution < -0.4 is 11.5 Å². The van der Waals surface area contributed by atoms with E-state index in [1.165, 1.54) is 0 Å². The van der Waals surface area contributed by atoms with Crippen molar-refractivity contribution in [1.29, 1.82) is 10.5 Å². The van der Waals surface area contributed by atoms with Crippen LogP contribution in [0.1, 0.15) is 27.8 Å². The summed E-state index contributed by atoms with van der Waals surface area (Å²) in [6, 6.07) is 2.11. The van der Waals surface area contributed by atoms with Crippen molar-refractivity contribution in [3.8, 4) is 12.4 Å². The van der Waals surface area contributed by atoms with Crippen LogP contribution in [-0.2, 0) is 13.1 Å². The van der Waals surface area contributed by atoms with Crippen molar-refractivity contribution < 1.29 is 0 Å². The molecule has 8 heteroatoms. The molecule has 0 amide bonds. The van der Waals surface area contributed by atoms with Crippen LogP contribution in [0.4, 0.5) is 0 Å². The van der Waals surface area contributed by atoms with Crippen LogP contribution in [0.25, 0.3) is 0 Å². The molecule has 0 aliphatic rings. The van der Waals surface area contributed by atoms with Gasteiger partial charge in [-0.15, -0.1) is 9.98 Å². The molecule has 0 aliphatic carbocycles. The summed E-state index contributed by atoms with van der Waals surface area (Å²) in [5.41, 5.74) is 17.2. The SMILES string of the molecule is Cc1cc(C)c(CN(C)C(N)=NC#N)c(C)c1CN(C)C(N)=NC#N. The van der Waals surface area contributed by atoms with Crippen LogP contribution in [-0.4, -0.2) is 35.8 Å². The molecule has 1 aromatic carbocycles. The van der Waals surface area contributed by atoms with Crippen molar-refractivity contribution in [2.24, 2.45) is 21.5 Å². The third-order valence-electron chi connectivity index (χ3n) is 4.19. The maximum absolute atomic E-state index is 8.64. The van der Waals surface area contributed by atoms with Crippen LogP contribution in [0.2, 0.25) is 0 Å². The molecule has 0 fully saturated rings. The maximum Gasteiger partial charge on any atom is 0.209 e. The Morgan fingerprint density at radius 1 is 0.920 bits per heavy atom. The summed E-state index contributed by atoms with van der Waals surface area (Å²) in [6.45, 7) is 7.20. The van der Waals surface area contributed by atoms with Gasteiger partial charge in [-0.1, -0.05) is 6.07 Å². The zero-order valence-corrected chi connectivity index (χ0v) is 15.3. The molecule has 25 heavy (non-hydrogen) atoms. The standard InChI is InChI=1S/C17H24N8/c1-11-6-12(2)15(8-25(5)17(21)23-10-19)13(3)14(11)7-24(4)16(20)22-9-18/h6H,7-8H2,1-5H3,(H2,20,22)(H2,21,23). The number of nitriles is 2. The molecular formula is C17H24N8. The highest BCUT2D eigenvalue weighted by Gasteiger charge is 2.15. The number of benzene rings is 1. The summed E-state index contributed by atoms with van der Waals surface area (Å²) in [5, 5.41) is 17.3. The zero-order chi connectivity index (χ0) is 19.1. The van der Waals surface area contributed by atoms with Gasteiger partial charge in [0.25, 0.3) is 0 Å². The summed E-state index contributed by atoms with van der Waals surface area (Å²) in [7, 11) is 3.58. The summed E-state index contributed by atoms with van der Waals surface area (Å²) in [5.74, 6) is 0.344. The van der Waals surface area contributed by atoms with Crippen molar-refractivity contribution >= 4 is 11.9 Å². The number of hydrogen-bond acceptors (Lipinski definition) is 4. The second-order valence-electron chi connectivity index (χ2n) is 5.94. The topological polar surface area (TPSA) is 131 Å². The molecule has 0 atom stereocenters. The average molecular weight is 340 g/mol. The fourth-order valence-electron chi connectivity index (χ4n) is 2.67. The predicted molar refractivity (Wildman–Crippen MR) is 98.1 cm³/mol. The lowest BCUT2D eigenvalue weighted by molar-refractivity contribution is 0.481. The van der Waals surface area contributed by atoms with Gasteiger partial charge in [-0.05, 0) is 48.6 Å². The summed E-state index contributed by atoms with van der Waals surface area (Å²) in [4.78, 5) is 10.6. The molecule has 4 N–H and O–H groups in total. The summed E-state index contributed by atoms with van der Waals surface area (Å²) >= 11 is 0. The molecule has 0 spiro atoms. The number of aryl methyl sites for hydroxylation is 2. The molecule has 0 saturated heterocycles. The number of nitrogens with two attached hydrogens (primary N) is 2. The van der Waals surface area contributed by atoms with Gasteiger partial charge in [-0.3, -0.25) is 0 Å². The number of rotatable bonds is 4. The highest BCUT2D eigenvalue weighted by molar-refractivity contribution is 5.79. The molecule has 0 radical (unpaired) electrons. The van der Waals surface area contributed by atoms with Gasteiger partial charge < -0.3 is 21.3 Å². The minimum Gasteiger partial charge on any atom is -0.369 e. The molecule has 1 aromatic rings. The molecule has 8 nitrogen and oxygen atoms in total. The van der Waals surface area contributed by atoms with Gasteiger partial charge in [0, 0.05) is 27.2 Å². The van der Waals surface area contributed by atoms with Gasteiger partial charge in [-0.25, -0.2) is 0 Å². The average Bonchev–Trinajstić information content (AvgIpc) is 2.55. The fourth-order valence-corrected chi connectivity index (χ4v) is 2.67. The van der Waals surface area contributed by atoms with Crippen LogP contribution in [0, 0.1) is 43.7 Å². The van der Waals surface area contributed by atoms with Crippen molar-refractivity contribution in [2.45, 2.75) is 33.9 Å². The van der Waals surface area contributed by atoms with E-state index in [0.29, 0.717) is 13.1 Å². The van der Waals surface area contributed by atoms with Crippen molar-refractivity contribution in [1.82, 2.24) is 9.80 Å². The Hall–Kier alpha value is -3.26. The number of nitrogens with zero attached hydrogens (tertiary/aromatic N) is 6. The van der Waals surface area contributed by atoms with Crippen molar-refractivity contribution in [2.75, 3.05) is 14.1 Å². The zero-order valence-electron chi connectivity index (χ0n) is 15.3. The molecule has 0 bridgehead atoms. The Balaban J connectivity index is 3.23. The van der Waals surface area contributed by atoms with E-state index >= 15 is 0 Å². The van der Waals surface area contributed by atoms with E-state index < -0.39 is 0 Å². The first kappa shape index (κ1) is 19.8. The molecule has 0 aliphatic heterocycles. The first-order valence-electron chi connectivity index (χ1n) is 7.68.